The molecule has 2 rings (SSSR count). The van der Waals surface area contributed by atoms with E-state index in [0.29, 0.717) is 5.82 Å². The summed E-state index contributed by atoms with van der Waals surface area (Å²) in [4.78, 5) is 3.90. The van der Waals surface area contributed by atoms with Crippen LogP contribution in [0, 0.1) is 5.21 Å². The molecule has 1 aromatic rings. The first kappa shape index (κ1) is 11.8. The van der Waals surface area contributed by atoms with Gasteiger partial charge in [-0.15, -0.1) is 0 Å². The molecule has 1 aromatic heterocycles. The van der Waals surface area contributed by atoms with Gasteiger partial charge >= 0.3 is 13.1 Å². The van der Waals surface area contributed by atoms with Crippen LogP contribution in [0.15, 0.2) is 18.3 Å². The highest BCUT2D eigenvalue weighted by molar-refractivity contribution is 6.50. The van der Waals surface area contributed by atoms with E-state index in [2.05, 4.69) is 10.5 Å². The lowest BCUT2D eigenvalue weighted by atomic mass is 10.3. The summed E-state index contributed by atoms with van der Waals surface area (Å²) in [5, 5.41) is 10.7. The van der Waals surface area contributed by atoms with E-state index in [0.717, 1.165) is 5.69 Å². The molecule has 1 atom stereocenters. The fourth-order valence-corrected chi connectivity index (χ4v) is 0.936. The molecule has 2 heterocycles. The molecule has 0 aliphatic carbocycles. The fraction of sp³-hybridized carbons (Fsp3) is 0. The number of nitrogens with two attached hydrogens (primary N) is 1. The highest BCUT2D eigenvalue weighted by Gasteiger charge is 2.22. The molecule has 0 bridgehead atoms. The Morgan fingerprint density at radius 1 is 1.40 bits per heavy atom. The maximum atomic E-state index is 10.9. The lowest BCUT2D eigenvalue weighted by Gasteiger charge is -2.06. The SMILES string of the molecule is F[B-](F)(F)F.[O-][NH+]1N[NH2+]c2cccnc21. The van der Waals surface area contributed by atoms with E-state index in [1.54, 1.807) is 17.7 Å². The van der Waals surface area contributed by atoms with Gasteiger partial charge in [-0.05, 0) is 11.6 Å². The van der Waals surface area contributed by atoms with Crippen molar-refractivity contribution in [3.05, 3.63) is 23.5 Å². The van der Waals surface area contributed by atoms with Crippen LogP contribution in [0.1, 0.15) is 0 Å². The first-order valence-electron chi connectivity index (χ1n) is 3.84. The molecular formula is C5H7BF4N4O. The molecule has 1 unspecified atom stereocenters. The zero-order chi connectivity index (χ0) is 11.5. The van der Waals surface area contributed by atoms with Crippen LogP contribution in [0.5, 0.6) is 0 Å². The van der Waals surface area contributed by atoms with Crippen LogP contribution in [0.2, 0.25) is 0 Å². The first-order valence-corrected chi connectivity index (χ1v) is 3.84. The number of quaternary nitrogens is 2. The molecule has 4 N–H and O–H groups in total. The van der Waals surface area contributed by atoms with Crippen molar-refractivity contribution in [1.82, 2.24) is 10.5 Å². The fourth-order valence-electron chi connectivity index (χ4n) is 0.936. The average Bonchev–Trinajstić information content (AvgIpc) is 2.46. The van der Waals surface area contributed by atoms with E-state index in [-0.39, 0.29) is 5.17 Å². The van der Waals surface area contributed by atoms with E-state index < -0.39 is 7.25 Å². The lowest BCUT2D eigenvalue weighted by molar-refractivity contribution is -0.955. The van der Waals surface area contributed by atoms with Gasteiger partial charge in [0.1, 0.15) is 0 Å². The van der Waals surface area contributed by atoms with Gasteiger partial charge in [-0.1, -0.05) is 0 Å². The third kappa shape index (κ3) is 4.21. The Labute approximate surface area is 81.7 Å². The minimum absolute atomic E-state index is 0.115. The highest BCUT2D eigenvalue weighted by Crippen LogP contribution is 2.07. The van der Waals surface area contributed by atoms with E-state index in [1.165, 1.54) is 0 Å². The van der Waals surface area contributed by atoms with Crippen molar-refractivity contribution < 1.29 is 27.9 Å². The Morgan fingerprint density at radius 2 is 2.00 bits per heavy atom. The molecule has 10 heteroatoms. The molecule has 0 saturated heterocycles. The molecule has 84 valence electrons. The smallest absolute Gasteiger partial charge is 0.603 e. The minimum Gasteiger partial charge on any atom is -0.603 e. The lowest BCUT2D eigenvalue weighted by Crippen LogP contribution is -3.18. The number of nitrogens with zero attached hydrogens (tertiary/aromatic N) is 1. The zero-order valence-corrected chi connectivity index (χ0v) is 7.25. The molecule has 0 amide bonds. The molecular weight excluding hydrogens is 219 g/mol. The van der Waals surface area contributed by atoms with E-state index in [4.69, 9.17) is 0 Å². The van der Waals surface area contributed by atoms with Gasteiger partial charge in [0.25, 0.3) is 0 Å². The van der Waals surface area contributed by atoms with Crippen LogP contribution in [0.4, 0.5) is 28.8 Å². The molecule has 0 aromatic carbocycles. The van der Waals surface area contributed by atoms with Crippen molar-refractivity contribution >= 4 is 18.8 Å². The van der Waals surface area contributed by atoms with Gasteiger partial charge in [0.05, 0.1) is 0 Å². The molecule has 1 aliphatic rings. The van der Waals surface area contributed by atoms with Crippen molar-refractivity contribution in [2.24, 2.45) is 0 Å². The van der Waals surface area contributed by atoms with Gasteiger partial charge in [-0.25, -0.2) is 0 Å². The predicted molar refractivity (Wildman–Crippen MR) is 43.1 cm³/mol. The summed E-state index contributed by atoms with van der Waals surface area (Å²) in [5.74, 6) is 0.516. The van der Waals surface area contributed by atoms with Crippen molar-refractivity contribution in [2.75, 3.05) is 0 Å². The molecule has 15 heavy (non-hydrogen) atoms. The number of hydrogen-bond donors (Lipinski definition) is 3. The summed E-state index contributed by atoms with van der Waals surface area (Å²) >= 11 is 0. The van der Waals surface area contributed by atoms with Crippen LogP contribution >= 0.6 is 0 Å². The topological polar surface area (TPSA) is 69.0 Å². The predicted octanol–water partition coefficient (Wildman–Crippen LogP) is -0.976. The Bertz CT molecular complexity index is 329. The monoisotopic (exact) mass is 226 g/mol. The summed E-state index contributed by atoms with van der Waals surface area (Å²) in [5.41, 5.74) is 5.08. The van der Waals surface area contributed by atoms with Crippen LogP contribution in [-0.4, -0.2) is 12.2 Å². The maximum absolute atomic E-state index is 10.9. The second-order valence-corrected chi connectivity index (χ2v) is 2.55. The third-order valence-electron chi connectivity index (χ3n) is 1.41. The number of halogens is 4. The number of rotatable bonds is 0. The number of hydrogen-bond acceptors (Lipinski definition) is 3. The normalized spacial score (nSPS) is 19.1. The van der Waals surface area contributed by atoms with E-state index >= 15 is 0 Å². The molecule has 5 nitrogen and oxygen atoms in total. The van der Waals surface area contributed by atoms with Crippen LogP contribution < -0.4 is 16.1 Å². The standard InChI is InChI=1S/C5H6N4O.BF4/c10-9-5-4(7-8-9)2-1-3-6-5;2-1(3,4)5/h1-3,7-9H;/q;-1/p+1. The van der Waals surface area contributed by atoms with Gasteiger partial charge < -0.3 is 22.5 Å². The highest BCUT2D eigenvalue weighted by atomic mass is 19.5. The zero-order valence-electron chi connectivity index (χ0n) is 7.25. The summed E-state index contributed by atoms with van der Waals surface area (Å²) in [7, 11) is -6.00. The summed E-state index contributed by atoms with van der Waals surface area (Å²) in [6.07, 6.45) is 1.61. The summed E-state index contributed by atoms with van der Waals surface area (Å²) in [6, 6.07) is 3.65. The van der Waals surface area contributed by atoms with Crippen molar-refractivity contribution in [3.8, 4) is 0 Å². The summed E-state index contributed by atoms with van der Waals surface area (Å²) < 4.78 is 39.0. The van der Waals surface area contributed by atoms with Crippen LogP contribution in [0.25, 0.3) is 0 Å². The van der Waals surface area contributed by atoms with E-state index in [9.17, 15) is 22.5 Å². The largest absolute Gasteiger partial charge is 0.673 e. The summed E-state index contributed by atoms with van der Waals surface area (Å²) in [6.45, 7) is 0. The quantitative estimate of drug-likeness (QED) is 0.230. The molecule has 0 saturated carbocycles. The minimum atomic E-state index is -6.00. The van der Waals surface area contributed by atoms with E-state index in [1.807, 2.05) is 6.07 Å². The number of aromatic nitrogens is 1. The van der Waals surface area contributed by atoms with Gasteiger partial charge in [0.15, 0.2) is 0 Å². The van der Waals surface area contributed by atoms with Crippen molar-refractivity contribution in [3.63, 3.8) is 0 Å². The average molecular weight is 226 g/mol. The Balaban J connectivity index is 0.000000195. The van der Waals surface area contributed by atoms with Crippen molar-refractivity contribution in [2.45, 2.75) is 0 Å². The van der Waals surface area contributed by atoms with Crippen LogP contribution in [0.3, 0.4) is 0 Å². The molecule has 1 aliphatic heterocycles. The first-order chi connectivity index (χ1) is 6.88. The third-order valence-corrected chi connectivity index (χ3v) is 1.41. The Morgan fingerprint density at radius 3 is 2.53 bits per heavy atom. The molecule has 0 fully saturated rings. The second-order valence-electron chi connectivity index (χ2n) is 2.55. The molecule has 0 spiro atoms. The van der Waals surface area contributed by atoms with Gasteiger partial charge in [0.2, 0.25) is 5.69 Å². The molecule has 0 radical (unpaired) electrons. The van der Waals surface area contributed by atoms with Gasteiger partial charge in [0, 0.05) is 12.3 Å². The maximum Gasteiger partial charge on any atom is 0.673 e. The van der Waals surface area contributed by atoms with Gasteiger partial charge in [-0.3, -0.25) is 0 Å². The number of fused-ring (bicyclic) bond motifs is 1. The Kier molecular flexibility index (Phi) is 3.58. The van der Waals surface area contributed by atoms with Crippen molar-refractivity contribution in [1.29, 1.82) is 0 Å². The number of pyridine rings is 1. The van der Waals surface area contributed by atoms with Gasteiger partial charge in [-0.2, -0.15) is 15.6 Å². The van der Waals surface area contributed by atoms with Crippen LogP contribution in [-0.2, 0) is 0 Å². The number of nitrogens with one attached hydrogen (secondary N) is 2. The Hall–Kier alpha value is -1.23. The second kappa shape index (κ2) is 4.53.